The van der Waals surface area contributed by atoms with Crippen LogP contribution in [0.3, 0.4) is 0 Å². The molecule has 114 valence electrons. The van der Waals surface area contributed by atoms with E-state index in [1.165, 1.54) is 0 Å². The molecule has 0 saturated heterocycles. The zero-order valence-electron chi connectivity index (χ0n) is 12.7. The van der Waals surface area contributed by atoms with Gasteiger partial charge in [0.1, 0.15) is 0 Å². The fraction of sp³-hybridized carbons (Fsp3) is 0.625. The summed E-state index contributed by atoms with van der Waals surface area (Å²) in [6.45, 7) is 7.67. The molecule has 0 amide bonds. The molecular weight excluding hydrogens is 256 g/mol. The van der Waals surface area contributed by atoms with Crippen molar-refractivity contribution in [3.8, 4) is 11.5 Å². The van der Waals surface area contributed by atoms with Crippen LogP contribution in [0.15, 0.2) is 18.2 Å². The average Bonchev–Trinajstić information content (AvgIpc) is 2.43. The Morgan fingerprint density at radius 3 is 2.35 bits per heavy atom. The third-order valence-electron chi connectivity index (χ3n) is 2.97. The van der Waals surface area contributed by atoms with Crippen molar-refractivity contribution in [2.75, 3.05) is 19.8 Å². The van der Waals surface area contributed by atoms with Crippen LogP contribution >= 0.6 is 0 Å². The first-order valence-electron chi connectivity index (χ1n) is 7.39. The molecule has 0 aliphatic rings. The third-order valence-corrected chi connectivity index (χ3v) is 2.97. The van der Waals surface area contributed by atoms with E-state index in [0.717, 1.165) is 24.8 Å². The van der Waals surface area contributed by atoms with E-state index < -0.39 is 0 Å². The molecule has 1 N–H and O–H groups in total. The number of hydrogen-bond acceptors (Lipinski definition) is 4. The highest BCUT2D eigenvalue weighted by molar-refractivity contribution is 5.45. The predicted molar refractivity (Wildman–Crippen MR) is 79.3 cm³/mol. The third kappa shape index (κ3) is 5.39. The largest absolute Gasteiger partial charge is 0.504 e. The van der Waals surface area contributed by atoms with Crippen LogP contribution in [0.25, 0.3) is 0 Å². The van der Waals surface area contributed by atoms with Crippen LogP contribution in [-0.2, 0) is 15.9 Å². The molecule has 0 saturated carbocycles. The van der Waals surface area contributed by atoms with Gasteiger partial charge < -0.3 is 19.3 Å². The molecule has 4 nitrogen and oxygen atoms in total. The molecule has 0 bridgehead atoms. The van der Waals surface area contributed by atoms with Crippen molar-refractivity contribution in [3.05, 3.63) is 23.8 Å². The average molecular weight is 282 g/mol. The first-order chi connectivity index (χ1) is 9.72. The molecule has 0 fully saturated rings. The first kappa shape index (κ1) is 16.8. The monoisotopic (exact) mass is 282 g/mol. The molecule has 4 heteroatoms. The Kier molecular flexibility index (Phi) is 8.07. The van der Waals surface area contributed by atoms with Gasteiger partial charge in [0.2, 0.25) is 0 Å². The van der Waals surface area contributed by atoms with E-state index in [4.69, 9.17) is 14.2 Å². The van der Waals surface area contributed by atoms with Crippen LogP contribution in [0.5, 0.6) is 11.5 Å². The molecule has 1 aromatic rings. The molecule has 0 aliphatic heterocycles. The quantitative estimate of drug-likeness (QED) is 0.667. The normalized spacial score (nSPS) is 11.0. The Morgan fingerprint density at radius 1 is 1.05 bits per heavy atom. The molecule has 20 heavy (non-hydrogen) atoms. The summed E-state index contributed by atoms with van der Waals surface area (Å²) >= 11 is 0. The maximum absolute atomic E-state index is 10.1. The van der Waals surface area contributed by atoms with Gasteiger partial charge in [0.15, 0.2) is 17.8 Å². The zero-order chi connectivity index (χ0) is 14.8. The molecule has 1 rings (SSSR count). The maximum atomic E-state index is 10.1. The van der Waals surface area contributed by atoms with Gasteiger partial charge in [-0.25, -0.2) is 0 Å². The summed E-state index contributed by atoms with van der Waals surface area (Å²) in [4.78, 5) is 0. The fourth-order valence-corrected chi connectivity index (χ4v) is 2.09. The first-order valence-corrected chi connectivity index (χ1v) is 7.39. The van der Waals surface area contributed by atoms with Gasteiger partial charge in [0, 0.05) is 13.2 Å². The molecule has 0 aliphatic carbocycles. The molecule has 0 radical (unpaired) electrons. The van der Waals surface area contributed by atoms with Crippen LogP contribution in [0, 0.1) is 0 Å². The van der Waals surface area contributed by atoms with Gasteiger partial charge in [0.25, 0.3) is 0 Å². The van der Waals surface area contributed by atoms with Crippen molar-refractivity contribution in [2.45, 2.75) is 46.3 Å². The fourth-order valence-electron chi connectivity index (χ4n) is 2.09. The second-order valence-corrected chi connectivity index (χ2v) is 4.43. The predicted octanol–water partition coefficient (Wildman–Crippen LogP) is 3.51. The summed E-state index contributed by atoms with van der Waals surface area (Å²) in [5, 5.41) is 10.1. The lowest BCUT2D eigenvalue weighted by atomic mass is 10.1. The number of ether oxygens (including phenoxy) is 3. The lowest BCUT2D eigenvalue weighted by Crippen LogP contribution is -2.17. The molecule has 0 spiro atoms. The summed E-state index contributed by atoms with van der Waals surface area (Å²) in [5.74, 6) is 0.801. The van der Waals surface area contributed by atoms with Gasteiger partial charge in [-0.3, -0.25) is 0 Å². The summed E-state index contributed by atoms with van der Waals surface area (Å²) in [7, 11) is 0. The number of aryl methyl sites for hydroxylation is 1. The lowest BCUT2D eigenvalue weighted by Gasteiger charge is -2.17. The smallest absolute Gasteiger partial charge is 0.161 e. The Morgan fingerprint density at radius 2 is 1.75 bits per heavy atom. The number of rotatable bonds is 10. The van der Waals surface area contributed by atoms with Crippen molar-refractivity contribution < 1.29 is 19.3 Å². The molecule has 0 heterocycles. The second-order valence-electron chi connectivity index (χ2n) is 4.43. The molecule has 1 aromatic carbocycles. The highest BCUT2D eigenvalue weighted by atomic mass is 16.7. The highest BCUT2D eigenvalue weighted by Crippen LogP contribution is 2.30. The van der Waals surface area contributed by atoms with Crippen molar-refractivity contribution in [1.29, 1.82) is 0 Å². The lowest BCUT2D eigenvalue weighted by molar-refractivity contribution is -0.140. The molecule has 0 unspecified atom stereocenters. The van der Waals surface area contributed by atoms with Crippen LogP contribution in [0.4, 0.5) is 0 Å². The second kappa shape index (κ2) is 9.61. The Hall–Kier alpha value is -1.26. The SMILES string of the molecule is CCOc1cccc(CCCC(OCC)OCC)c1O. The Balaban J connectivity index is 2.50. The minimum atomic E-state index is -0.151. The van der Waals surface area contributed by atoms with E-state index in [0.29, 0.717) is 25.6 Å². The van der Waals surface area contributed by atoms with Crippen LogP contribution < -0.4 is 4.74 Å². The number of benzene rings is 1. The van der Waals surface area contributed by atoms with Crippen LogP contribution in [-0.4, -0.2) is 31.2 Å². The number of phenols is 1. The van der Waals surface area contributed by atoms with E-state index in [2.05, 4.69) is 0 Å². The van der Waals surface area contributed by atoms with Crippen molar-refractivity contribution in [1.82, 2.24) is 0 Å². The van der Waals surface area contributed by atoms with E-state index in [1.54, 1.807) is 6.07 Å². The summed E-state index contributed by atoms with van der Waals surface area (Å²) in [6, 6.07) is 5.61. The molecule has 0 atom stereocenters. The number of phenolic OH excluding ortho intramolecular Hbond substituents is 1. The number of aromatic hydroxyl groups is 1. The Bertz CT molecular complexity index is 373. The number of para-hydroxylation sites is 1. The van der Waals surface area contributed by atoms with Crippen molar-refractivity contribution in [2.24, 2.45) is 0 Å². The van der Waals surface area contributed by atoms with Gasteiger partial charge >= 0.3 is 0 Å². The standard InChI is InChI=1S/C16H26O4/c1-4-18-14-11-7-9-13(16(14)17)10-8-12-15(19-5-2)20-6-3/h7,9,11,15,17H,4-6,8,10,12H2,1-3H3. The minimum absolute atomic E-state index is 0.151. The minimum Gasteiger partial charge on any atom is -0.504 e. The van der Waals surface area contributed by atoms with Gasteiger partial charge in [0.05, 0.1) is 6.61 Å². The number of hydrogen-bond donors (Lipinski definition) is 1. The zero-order valence-corrected chi connectivity index (χ0v) is 12.7. The topological polar surface area (TPSA) is 47.9 Å². The van der Waals surface area contributed by atoms with E-state index >= 15 is 0 Å². The van der Waals surface area contributed by atoms with Crippen molar-refractivity contribution >= 4 is 0 Å². The van der Waals surface area contributed by atoms with Crippen LogP contribution in [0.1, 0.15) is 39.2 Å². The summed E-state index contributed by atoms with van der Waals surface area (Å²) in [6.07, 6.45) is 2.35. The Labute approximate surface area is 121 Å². The van der Waals surface area contributed by atoms with Gasteiger partial charge in [-0.15, -0.1) is 0 Å². The summed E-state index contributed by atoms with van der Waals surface area (Å²) in [5.41, 5.74) is 0.905. The highest BCUT2D eigenvalue weighted by Gasteiger charge is 2.11. The van der Waals surface area contributed by atoms with Crippen molar-refractivity contribution in [3.63, 3.8) is 0 Å². The van der Waals surface area contributed by atoms with E-state index in [9.17, 15) is 5.11 Å². The van der Waals surface area contributed by atoms with E-state index in [-0.39, 0.29) is 12.0 Å². The summed E-state index contributed by atoms with van der Waals surface area (Å²) < 4.78 is 16.4. The van der Waals surface area contributed by atoms with Gasteiger partial charge in [-0.05, 0) is 51.7 Å². The van der Waals surface area contributed by atoms with Crippen LogP contribution in [0.2, 0.25) is 0 Å². The van der Waals surface area contributed by atoms with E-state index in [1.807, 2.05) is 32.9 Å². The molecule has 0 aromatic heterocycles. The maximum Gasteiger partial charge on any atom is 0.161 e. The van der Waals surface area contributed by atoms with Gasteiger partial charge in [-0.2, -0.15) is 0 Å². The van der Waals surface area contributed by atoms with Gasteiger partial charge in [-0.1, -0.05) is 12.1 Å². The molecular formula is C16H26O4.